The molecule has 0 spiro atoms. The number of hydrogen-bond donors (Lipinski definition) is 2. The van der Waals surface area contributed by atoms with Crippen LogP contribution >= 0.6 is 0 Å². The van der Waals surface area contributed by atoms with Crippen LogP contribution in [0.3, 0.4) is 0 Å². The summed E-state index contributed by atoms with van der Waals surface area (Å²) in [4.78, 5) is 0. The van der Waals surface area contributed by atoms with Crippen LogP contribution in [-0.2, 0) is 13.6 Å². The number of aromatic nitrogens is 3. The van der Waals surface area contributed by atoms with E-state index in [1.54, 1.807) is 24.7 Å². The van der Waals surface area contributed by atoms with E-state index in [0.29, 0.717) is 18.8 Å². The van der Waals surface area contributed by atoms with E-state index >= 15 is 0 Å². The zero-order valence-corrected chi connectivity index (χ0v) is 9.00. The Morgan fingerprint density at radius 3 is 3.12 bits per heavy atom. The first-order chi connectivity index (χ1) is 7.77. The lowest BCUT2D eigenvalue weighted by Gasteiger charge is -2.08. The first-order valence-corrected chi connectivity index (χ1v) is 5.02. The van der Waals surface area contributed by atoms with Gasteiger partial charge in [-0.25, -0.2) is 0 Å². The average molecular weight is 222 g/mol. The third-order valence-electron chi connectivity index (χ3n) is 2.30. The topological polar surface area (TPSA) is 76.1 Å². The van der Waals surface area contributed by atoms with Crippen molar-refractivity contribution in [1.29, 1.82) is 0 Å². The van der Waals surface area contributed by atoms with Crippen molar-refractivity contribution < 1.29 is 9.52 Å². The Hall–Kier alpha value is -1.66. The highest BCUT2D eigenvalue weighted by molar-refractivity contribution is 5.02. The maximum atomic E-state index is 9.71. The molecule has 0 aliphatic carbocycles. The standard InChI is InChI=1S/C10H14N4O2/c1-14-7-12-13-10(14)6-11-5-8(15)9-3-2-4-16-9/h2-4,7-8,11,15H,5-6H2,1H3. The average Bonchev–Trinajstić information content (AvgIpc) is 2.90. The lowest BCUT2D eigenvalue weighted by Crippen LogP contribution is -2.22. The van der Waals surface area contributed by atoms with Crippen LogP contribution in [0.15, 0.2) is 29.1 Å². The van der Waals surface area contributed by atoms with Crippen LogP contribution in [0.1, 0.15) is 17.7 Å². The Labute approximate surface area is 92.9 Å². The number of rotatable bonds is 5. The van der Waals surface area contributed by atoms with Crippen molar-refractivity contribution in [3.05, 3.63) is 36.3 Å². The van der Waals surface area contributed by atoms with Crippen molar-refractivity contribution in [2.24, 2.45) is 7.05 Å². The van der Waals surface area contributed by atoms with E-state index in [1.807, 2.05) is 11.6 Å². The number of nitrogens with zero attached hydrogens (tertiary/aromatic N) is 3. The van der Waals surface area contributed by atoms with E-state index in [2.05, 4.69) is 15.5 Å². The number of aryl methyl sites for hydroxylation is 1. The minimum absolute atomic E-state index is 0.417. The van der Waals surface area contributed by atoms with Crippen LogP contribution in [0.25, 0.3) is 0 Å². The molecule has 0 fully saturated rings. The smallest absolute Gasteiger partial charge is 0.146 e. The van der Waals surface area contributed by atoms with Gasteiger partial charge in [-0.15, -0.1) is 10.2 Å². The summed E-state index contributed by atoms with van der Waals surface area (Å²) >= 11 is 0. The fraction of sp³-hybridized carbons (Fsp3) is 0.400. The van der Waals surface area contributed by atoms with Crippen molar-refractivity contribution in [2.75, 3.05) is 6.54 Å². The molecule has 0 saturated carbocycles. The number of hydrogen-bond acceptors (Lipinski definition) is 5. The summed E-state index contributed by atoms with van der Waals surface area (Å²) in [5.74, 6) is 1.39. The van der Waals surface area contributed by atoms with Crippen LogP contribution in [0.5, 0.6) is 0 Å². The van der Waals surface area contributed by atoms with Crippen LogP contribution in [0.2, 0.25) is 0 Å². The van der Waals surface area contributed by atoms with Crippen molar-refractivity contribution in [1.82, 2.24) is 20.1 Å². The summed E-state index contributed by atoms with van der Waals surface area (Å²) in [6, 6.07) is 3.50. The van der Waals surface area contributed by atoms with E-state index in [-0.39, 0.29) is 0 Å². The lowest BCUT2D eigenvalue weighted by molar-refractivity contribution is 0.147. The monoisotopic (exact) mass is 222 g/mol. The fourth-order valence-corrected chi connectivity index (χ4v) is 1.37. The zero-order valence-electron chi connectivity index (χ0n) is 9.00. The SMILES string of the molecule is Cn1cnnc1CNCC(O)c1ccco1. The molecule has 0 saturated heterocycles. The third-order valence-corrected chi connectivity index (χ3v) is 2.30. The summed E-state index contributed by atoms with van der Waals surface area (Å²) < 4.78 is 6.91. The quantitative estimate of drug-likeness (QED) is 0.757. The molecule has 86 valence electrons. The molecule has 0 bridgehead atoms. The number of aliphatic hydroxyl groups is 1. The van der Waals surface area contributed by atoms with Crippen LogP contribution in [0, 0.1) is 0 Å². The highest BCUT2D eigenvalue weighted by Crippen LogP contribution is 2.11. The molecule has 0 aromatic carbocycles. The van der Waals surface area contributed by atoms with Gasteiger partial charge >= 0.3 is 0 Å². The second-order valence-corrected chi connectivity index (χ2v) is 3.52. The minimum atomic E-state index is -0.636. The highest BCUT2D eigenvalue weighted by Gasteiger charge is 2.09. The maximum absolute atomic E-state index is 9.71. The number of nitrogens with one attached hydrogen (secondary N) is 1. The molecule has 0 aliphatic heterocycles. The summed E-state index contributed by atoms with van der Waals surface area (Å²) in [6.45, 7) is 0.981. The second kappa shape index (κ2) is 4.91. The Balaban J connectivity index is 1.78. The van der Waals surface area contributed by atoms with Gasteiger partial charge in [-0.1, -0.05) is 0 Å². The normalized spacial score (nSPS) is 12.9. The molecule has 0 aliphatic rings. The largest absolute Gasteiger partial charge is 0.467 e. The summed E-state index contributed by atoms with van der Waals surface area (Å²) in [7, 11) is 1.87. The van der Waals surface area contributed by atoms with Gasteiger partial charge in [0.2, 0.25) is 0 Å². The third kappa shape index (κ3) is 2.47. The molecule has 1 unspecified atom stereocenters. The zero-order chi connectivity index (χ0) is 11.4. The molecule has 6 nitrogen and oxygen atoms in total. The van der Waals surface area contributed by atoms with Gasteiger partial charge in [0, 0.05) is 13.6 Å². The van der Waals surface area contributed by atoms with Crippen LogP contribution in [0.4, 0.5) is 0 Å². The van der Waals surface area contributed by atoms with Crippen molar-refractivity contribution >= 4 is 0 Å². The molecular weight excluding hydrogens is 208 g/mol. The van der Waals surface area contributed by atoms with Gasteiger partial charge in [-0.2, -0.15) is 0 Å². The van der Waals surface area contributed by atoms with Crippen LogP contribution < -0.4 is 5.32 Å². The minimum Gasteiger partial charge on any atom is -0.467 e. The first kappa shape index (κ1) is 10.8. The lowest BCUT2D eigenvalue weighted by atomic mass is 10.3. The van der Waals surface area contributed by atoms with E-state index in [9.17, 15) is 5.11 Å². The van der Waals surface area contributed by atoms with Crippen molar-refractivity contribution in [3.63, 3.8) is 0 Å². The summed E-state index contributed by atoms with van der Waals surface area (Å²) in [5.41, 5.74) is 0. The molecule has 2 rings (SSSR count). The van der Waals surface area contributed by atoms with Gasteiger partial charge in [0.25, 0.3) is 0 Å². The van der Waals surface area contributed by atoms with E-state index in [0.717, 1.165) is 5.82 Å². The molecule has 0 amide bonds. The maximum Gasteiger partial charge on any atom is 0.146 e. The van der Waals surface area contributed by atoms with E-state index < -0.39 is 6.10 Å². The fourth-order valence-electron chi connectivity index (χ4n) is 1.37. The van der Waals surface area contributed by atoms with Gasteiger partial charge in [-0.05, 0) is 12.1 Å². The Kier molecular flexibility index (Phi) is 3.33. The van der Waals surface area contributed by atoms with Gasteiger partial charge in [0.1, 0.15) is 24.0 Å². The van der Waals surface area contributed by atoms with Gasteiger partial charge in [-0.3, -0.25) is 0 Å². The molecule has 6 heteroatoms. The number of aliphatic hydroxyl groups excluding tert-OH is 1. The van der Waals surface area contributed by atoms with Crippen molar-refractivity contribution in [2.45, 2.75) is 12.6 Å². The number of furan rings is 1. The van der Waals surface area contributed by atoms with Crippen LogP contribution in [-0.4, -0.2) is 26.4 Å². The second-order valence-electron chi connectivity index (χ2n) is 3.52. The predicted octanol–water partition coefficient (Wildman–Crippen LogP) is 0.231. The molecule has 2 N–H and O–H groups in total. The van der Waals surface area contributed by atoms with Gasteiger partial charge in [0.15, 0.2) is 0 Å². The predicted molar refractivity (Wildman–Crippen MR) is 56.4 cm³/mol. The molecule has 2 heterocycles. The van der Waals surface area contributed by atoms with Gasteiger partial charge in [0.05, 0.1) is 12.8 Å². The molecule has 16 heavy (non-hydrogen) atoms. The molecular formula is C10H14N4O2. The Morgan fingerprint density at radius 1 is 1.62 bits per heavy atom. The van der Waals surface area contributed by atoms with E-state index in [4.69, 9.17) is 4.42 Å². The van der Waals surface area contributed by atoms with Crippen molar-refractivity contribution in [3.8, 4) is 0 Å². The Bertz CT molecular complexity index is 424. The van der Waals surface area contributed by atoms with Gasteiger partial charge < -0.3 is 19.4 Å². The molecule has 1 atom stereocenters. The summed E-state index contributed by atoms with van der Waals surface area (Å²) in [5, 5.41) is 20.5. The first-order valence-electron chi connectivity index (χ1n) is 5.02. The molecule has 2 aromatic heterocycles. The summed E-state index contributed by atoms with van der Waals surface area (Å²) in [6.07, 6.45) is 2.55. The Morgan fingerprint density at radius 2 is 2.50 bits per heavy atom. The molecule has 0 radical (unpaired) electrons. The highest BCUT2D eigenvalue weighted by atomic mass is 16.4. The molecule has 2 aromatic rings. The van der Waals surface area contributed by atoms with E-state index in [1.165, 1.54) is 0 Å².